The third kappa shape index (κ3) is 5.69. The van der Waals surface area contributed by atoms with Crippen molar-refractivity contribution in [3.8, 4) is 5.75 Å². The summed E-state index contributed by atoms with van der Waals surface area (Å²) >= 11 is 3.37. The molecule has 0 radical (unpaired) electrons. The van der Waals surface area contributed by atoms with Crippen molar-refractivity contribution in [1.82, 2.24) is 4.90 Å². The highest BCUT2D eigenvalue weighted by Crippen LogP contribution is 2.17. The summed E-state index contributed by atoms with van der Waals surface area (Å²) in [6.45, 7) is 5.04. The van der Waals surface area contributed by atoms with E-state index in [0.717, 1.165) is 10.2 Å². The Morgan fingerprint density at radius 3 is 2.40 bits per heavy atom. The number of carbonyl (C=O) groups is 1. The molecule has 0 spiro atoms. The zero-order valence-electron chi connectivity index (χ0n) is 12.1. The quantitative estimate of drug-likeness (QED) is 0.843. The lowest BCUT2D eigenvalue weighted by molar-refractivity contribution is -0.138. The molecule has 0 aromatic heterocycles. The second-order valence-electron chi connectivity index (χ2n) is 5.12. The summed E-state index contributed by atoms with van der Waals surface area (Å²) in [5.41, 5.74) is 5.07. The van der Waals surface area contributed by atoms with Crippen LogP contribution < -0.4 is 10.5 Å². The molecule has 0 saturated heterocycles. The highest BCUT2D eigenvalue weighted by atomic mass is 79.9. The van der Waals surface area contributed by atoms with Crippen molar-refractivity contribution in [1.29, 1.82) is 0 Å². The van der Waals surface area contributed by atoms with E-state index >= 15 is 0 Å². The van der Waals surface area contributed by atoms with Gasteiger partial charge in [-0.15, -0.1) is 12.4 Å². The SMILES string of the molecule is CN(CCOc1ccc(Br)cc1)C(=O)C(C)(C)CN.Cl. The molecule has 0 aliphatic carbocycles. The number of rotatable bonds is 6. The number of carbonyl (C=O) groups excluding carboxylic acids is 1. The molecule has 0 bridgehead atoms. The molecule has 1 aromatic rings. The van der Waals surface area contributed by atoms with Crippen molar-refractivity contribution in [2.24, 2.45) is 11.1 Å². The Kier molecular flexibility index (Phi) is 8.16. The second-order valence-corrected chi connectivity index (χ2v) is 6.03. The average molecular weight is 366 g/mol. The van der Waals surface area contributed by atoms with Gasteiger partial charge in [-0.3, -0.25) is 4.79 Å². The van der Waals surface area contributed by atoms with Crippen LogP contribution in [0.4, 0.5) is 0 Å². The molecule has 1 amide bonds. The zero-order chi connectivity index (χ0) is 14.5. The van der Waals surface area contributed by atoms with Crippen LogP contribution in [-0.4, -0.2) is 37.6 Å². The fourth-order valence-corrected chi connectivity index (χ4v) is 1.80. The molecule has 0 fully saturated rings. The van der Waals surface area contributed by atoms with Crippen LogP contribution >= 0.6 is 28.3 Å². The first kappa shape index (κ1) is 19.2. The number of hydrogen-bond donors (Lipinski definition) is 1. The predicted octanol–water partition coefficient (Wildman–Crippen LogP) is 2.69. The van der Waals surface area contributed by atoms with Crippen molar-refractivity contribution < 1.29 is 9.53 Å². The Bertz CT molecular complexity index is 424. The Morgan fingerprint density at radius 1 is 1.35 bits per heavy atom. The molecule has 6 heteroatoms. The van der Waals surface area contributed by atoms with Crippen molar-refractivity contribution in [2.45, 2.75) is 13.8 Å². The van der Waals surface area contributed by atoms with Crippen LogP contribution in [0.2, 0.25) is 0 Å². The van der Waals surface area contributed by atoms with E-state index in [1.54, 1.807) is 11.9 Å². The Labute approximate surface area is 135 Å². The normalized spacial score (nSPS) is 10.7. The molecule has 0 saturated carbocycles. The van der Waals surface area contributed by atoms with Crippen molar-refractivity contribution in [3.05, 3.63) is 28.7 Å². The molecule has 0 aliphatic rings. The molecule has 4 nitrogen and oxygen atoms in total. The molecular weight excluding hydrogens is 344 g/mol. The smallest absolute Gasteiger partial charge is 0.229 e. The van der Waals surface area contributed by atoms with Gasteiger partial charge in [0.2, 0.25) is 5.91 Å². The van der Waals surface area contributed by atoms with E-state index in [4.69, 9.17) is 10.5 Å². The van der Waals surface area contributed by atoms with Crippen LogP contribution in [0.5, 0.6) is 5.75 Å². The van der Waals surface area contributed by atoms with Crippen molar-refractivity contribution in [2.75, 3.05) is 26.7 Å². The maximum atomic E-state index is 12.1. The molecule has 0 aliphatic heterocycles. The lowest BCUT2D eigenvalue weighted by Gasteiger charge is -2.28. The highest BCUT2D eigenvalue weighted by Gasteiger charge is 2.28. The number of nitrogens with zero attached hydrogens (tertiary/aromatic N) is 1. The van der Waals surface area contributed by atoms with Gasteiger partial charge in [-0.1, -0.05) is 15.9 Å². The van der Waals surface area contributed by atoms with E-state index < -0.39 is 5.41 Å². The van der Waals surface area contributed by atoms with Crippen LogP contribution in [0.15, 0.2) is 28.7 Å². The third-order valence-corrected chi connectivity index (χ3v) is 3.47. The van der Waals surface area contributed by atoms with Crippen LogP contribution in [0.3, 0.4) is 0 Å². The number of hydrogen-bond acceptors (Lipinski definition) is 3. The van der Waals surface area contributed by atoms with Crippen molar-refractivity contribution >= 4 is 34.2 Å². The summed E-state index contributed by atoms with van der Waals surface area (Å²) in [5, 5.41) is 0. The standard InChI is InChI=1S/C14H21BrN2O2.ClH/c1-14(2,10-16)13(18)17(3)8-9-19-12-6-4-11(15)5-7-12;/h4-7H,8-10,16H2,1-3H3;1H. The molecule has 2 N–H and O–H groups in total. The number of halogens is 2. The van der Waals surface area contributed by atoms with Gasteiger partial charge in [0.05, 0.1) is 12.0 Å². The Hall–Kier alpha value is -0.780. The summed E-state index contributed by atoms with van der Waals surface area (Å²) in [5.74, 6) is 0.830. The zero-order valence-corrected chi connectivity index (χ0v) is 14.5. The minimum absolute atomic E-state index is 0. The number of amides is 1. The molecule has 114 valence electrons. The Balaban J connectivity index is 0.00000361. The van der Waals surface area contributed by atoms with E-state index in [1.807, 2.05) is 38.1 Å². The number of likely N-dealkylation sites (N-methyl/N-ethyl adjacent to an activating group) is 1. The van der Waals surface area contributed by atoms with Crippen LogP contribution in [0.1, 0.15) is 13.8 Å². The van der Waals surface area contributed by atoms with E-state index in [1.165, 1.54) is 0 Å². The maximum absolute atomic E-state index is 12.1. The van der Waals surface area contributed by atoms with Crippen LogP contribution in [0, 0.1) is 5.41 Å². The first-order chi connectivity index (χ1) is 8.86. The van der Waals surface area contributed by atoms with Gasteiger partial charge in [-0.2, -0.15) is 0 Å². The molecule has 0 heterocycles. The summed E-state index contributed by atoms with van der Waals surface area (Å²) in [7, 11) is 1.77. The first-order valence-electron chi connectivity index (χ1n) is 6.21. The molecule has 0 atom stereocenters. The lowest BCUT2D eigenvalue weighted by Crippen LogP contribution is -2.44. The summed E-state index contributed by atoms with van der Waals surface area (Å²) in [6, 6.07) is 7.61. The van der Waals surface area contributed by atoms with Gasteiger partial charge >= 0.3 is 0 Å². The summed E-state index contributed by atoms with van der Waals surface area (Å²) in [6.07, 6.45) is 0. The van der Waals surface area contributed by atoms with Gasteiger partial charge in [0.1, 0.15) is 12.4 Å². The van der Waals surface area contributed by atoms with Gasteiger partial charge in [0, 0.05) is 18.1 Å². The number of nitrogens with two attached hydrogens (primary N) is 1. The minimum atomic E-state index is -0.521. The van der Waals surface area contributed by atoms with Gasteiger partial charge in [0.15, 0.2) is 0 Å². The highest BCUT2D eigenvalue weighted by molar-refractivity contribution is 9.10. The fraction of sp³-hybridized carbons (Fsp3) is 0.500. The van der Waals surface area contributed by atoms with Crippen LogP contribution in [0.25, 0.3) is 0 Å². The predicted molar refractivity (Wildman–Crippen MR) is 87.4 cm³/mol. The topological polar surface area (TPSA) is 55.6 Å². The largest absolute Gasteiger partial charge is 0.492 e. The monoisotopic (exact) mass is 364 g/mol. The van der Waals surface area contributed by atoms with Crippen LogP contribution in [-0.2, 0) is 4.79 Å². The average Bonchev–Trinajstić information content (AvgIpc) is 2.40. The van der Waals surface area contributed by atoms with E-state index in [2.05, 4.69) is 15.9 Å². The van der Waals surface area contributed by atoms with Gasteiger partial charge in [-0.05, 0) is 38.1 Å². The summed E-state index contributed by atoms with van der Waals surface area (Å²) < 4.78 is 6.59. The molecule has 1 rings (SSSR count). The maximum Gasteiger partial charge on any atom is 0.229 e. The first-order valence-corrected chi connectivity index (χ1v) is 7.00. The summed E-state index contributed by atoms with van der Waals surface area (Å²) in [4.78, 5) is 13.7. The minimum Gasteiger partial charge on any atom is -0.492 e. The fourth-order valence-electron chi connectivity index (χ4n) is 1.54. The molecule has 20 heavy (non-hydrogen) atoms. The molecular formula is C14H22BrClN2O2. The number of benzene rings is 1. The molecule has 1 aromatic carbocycles. The number of ether oxygens (including phenoxy) is 1. The molecule has 0 unspecified atom stereocenters. The third-order valence-electron chi connectivity index (χ3n) is 2.95. The van der Waals surface area contributed by atoms with E-state index in [0.29, 0.717) is 19.7 Å². The Morgan fingerprint density at radius 2 is 1.90 bits per heavy atom. The van der Waals surface area contributed by atoms with Gasteiger partial charge in [-0.25, -0.2) is 0 Å². The van der Waals surface area contributed by atoms with E-state index in [-0.39, 0.29) is 18.3 Å². The second kappa shape index (κ2) is 8.49. The van der Waals surface area contributed by atoms with Crippen molar-refractivity contribution in [3.63, 3.8) is 0 Å². The van der Waals surface area contributed by atoms with E-state index in [9.17, 15) is 4.79 Å². The van der Waals surface area contributed by atoms with Gasteiger partial charge < -0.3 is 15.4 Å². The van der Waals surface area contributed by atoms with Gasteiger partial charge in [0.25, 0.3) is 0 Å². The lowest BCUT2D eigenvalue weighted by atomic mass is 9.92.